The predicted octanol–water partition coefficient (Wildman–Crippen LogP) is 3.14. The SMILES string of the molecule is OCc1cc(C(Cl)(Cl)Cl)ccc1F. The lowest BCUT2D eigenvalue weighted by Gasteiger charge is -2.12. The van der Waals surface area contributed by atoms with Crippen molar-refractivity contribution in [2.24, 2.45) is 0 Å². The Bertz CT molecular complexity index is 309. The molecule has 0 aliphatic rings. The van der Waals surface area contributed by atoms with Crippen molar-refractivity contribution in [2.75, 3.05) is 0 Å². The monoisotopic (exact) mass is 242 g/mol. The largest absolute Gasteiger partial charge is 0.392 e. The van der Waals surface area contributed by atoms with Gasteiger partial charge in [0, 0.05) is 11.1 Å². The molecule has 0 unspecified atom stereocenters. The first kappa shape index (κ1) is 11.1. The molecule has 0 bridgehead atoms. The number of hydrogen-bond donors (Lipinski definition) is 1. The van der Waals surface area contributed by atoms with Crippen LogP contribution in [0.3, 0.4) is 0 Å². The van der Waals surface area contributed by atoms with Crippen molar-refractivity contribution in [1.82, 2.24) is 0 Å². The zero-order valence-electron chi connectivity index (χ0n) is 6.40. The van der Waals surface area contributed by atoms with Gasteiger partial charge in [0.2, 0.25) is 3.79 Å². The Kier molecular flexibility index (Phi) is 3.41. The van der Waals surface area contributed by atoms with Crippen LogP contribution in [0.4, 0.5) is 4.39 Å². The minimum Gasteiger partial charge on any atom is -0.392 e. The highest BCUT2D eigenvalue weighted by molar-refractivity contribution is 6.66. The number of rotatable bonds is 1. The van der Waals surface area contributed by atoms with E-state index in [2.05, 4.69) is 0 Å². The molecule has 0 aliphatic heterocycles. The highest BCUT2D eigenvalue weighted by atomic mass is 35.6. The number of hydrogen-bond acceptors (Lipinski definition) is 1. The first-order chi connectivity index (χ1) is 5.95. The van der Waals surface area contributed by atoms with Gasteiger partial charge in [-0.05, 0) is 12.1 Å². The van der Waals surface area contributed by atoms with Gasteiger partial charge in [-0.25, -0.2) is 4.39 Å². The van der Waals surface area contributed by atoms with Crippen LogP contribution in [0.1, 0.15) is 11.1 Å². The van der Waals surface area contributed by atoms with Crippen LogP contribution in [0, 0.1) is 5.82 Å². The molecule has 72 valence electrons. The fourth-order valence-corrected chi connectivity index (χ4v) is 1.22. The van der Waals surface area contributed by atoms with Crippen LogP contribution in [0.15, 0.2) is 18.2 Å². The van der Waals surface area contributed by atoms with Gasteiger partial charge in [0.15, 0.2) is 0 Å². The molecule has 5 heteroatoms. The Balaban J connectivity index is 3.14. The molecule has 1 rings (SSSR count). The number of aliphatic hydroxyl groups excluding tert-OH is 1. The van der Waals surface area contributed by atoms with Gasteiger partial charge in [-0.1, -0.05) is 40.9 Å². The molecule has 13 heavy (non-hydrogen) atoms. The van der Waals surface area contributed by atoms with Gasteiger partial charge in [-0.15, -0.1) is 0 Å². The highest BCUT2D eigenvalue weighted by Gasteiger charge is 2.23. The lowest BCUT2D eigenvalue weighted by atomic mass is 10.1. The van der Waals surface area contributed by atoms with Crippen molar-refractivity contribution in [3.63, 3.8) is 0 Å². The summed E-state index contributed by atoms with van der Waals surface area (Å²) in [7, 11) is 0. The maximum Gasteiger partial charge on any atom is 0.216 e. The smallest absolute Gasteiger partial charge is 0.216 e. The summed E-state index contributed by atoms with van der Waals surface area (Å²) in [6.45, 7) is -0.416. The summed E-state index contributed by atoms with van der Waals surface area (Å²) in [4.78, 5) is 0. The molecule has 0 saturated carbocycles. The van der Waals surface area contributed by atoms with Crippen molar-refractivity contribution in [1.29, 1.82) is 0 Å². The number of alkyl halides is 3. The first-order valence-electron chi connectivity index (χ1n) is 3.41. The molecule has 0 fully saturated rings. The fourth-order valence-electron chi connectivity index (χ4n) is 0.872. The van der Waals surface area contributed by atoms with E-state index < -0.39 is 16.2 Å². The van der Waals surface area contributed by atoms with E-state index in [1.54, 1.807) is 0 Å². The second-order valence-corrected chi connectivity index (χ2v) is 4.74. The van der Waals surface area contributed by atoms with Gasteiger partial charge in [-0.2, -0.15) is 0 Å². The van der Waals surface area contributed by atoms with E-state index in [0.29, 0.717) is 5.56 Å². The molecule has 1 aromatic carbocycles. The molecule has 1 nitrogen and oxygen atoms in total. The van der Waals surface area contributed by atoms with Crippen LogP contribution in [0.2, 0.25) is 0 Å². The third-order valence-electron chi connectivity index (χ3n) is 1.54. The Hall–Kier alpha value is -0.0200. The zero-order chi connectivity index (χ0) is 10.1. The Morgan fingerprint density at radius 1 is 1.31 bits per heavy atom. The quantitative estimate of drug-likeness (QED) is 0.751. The van der Waals surface area contributed by atoms with Gasteiger partial charge < -0.3 is 5.11 Å². The molecule has 0 spiro atoms. The van der Waals surface area contributed by atoms with Crippen molar-refractivity contribution >= 4 is 34.8 Å². The Morgan fingerprint density at radius 3 is 2.38 bits per heavy atom. The van der Waals surface area contributed by atoms with Gasteiger partial charge in [0.25, 0.3) is 0 Å². The van der Waals surface area contributed by atoms with Gasteiger partial charge in [-0.3, -0.25) is 0 Å². The lowest BCUT2D eigenvalue weighted by Crippen LogP contribution is -2.02. The van der Waals surface area contributed by atoms with Crippen molar-refractivity contribution < 1.29 is 9.50 Å². The third-order valence-corrected chi connectivity index (χ3v) is 2.20. The molecule has 0 saturated heterocycles. The molecule has 0 radical (unpaired) electrons. The predicted molar refractivity (Wildman–Crippen MR) is 51.6 cm³/mol. The normalized spacial score (nSPS) is 11.8. The van der Waals surface area contributed by atoms with Crippen molar-refractivity contribution in [2.45, 2.75) is 10.4 Å². The molecule has 1 aromatic rings. The summed E-state index contributed by atoms with van der Waals surface area (Å²) >= 11 is 16.7. The third kappa shape index (κ3) is 2.71. The van der Waals surface area contributed by atoms with Crippen molar-refractivity contribution in [3.8, 4) is 0 Å². The maximum absolute atomic E-state index is 12.9. The molecule has 1 N–H and O–H groups in total. The number of benzene rings is 1. The topological polar surface area (TPSA) is 20.2 Å². The second-order valence-electron chi connectivity index (χ2n) is 2.46. The summed E-state index contributed by atoms with van der Waals surface area (Å²) in [6, 6.07) is 3.84. The molecule has 0 amide bonds. The molecular formula is C8H6Cl3FO. The Labute approximate surface area is 90.0 Å². The van der Waals surface area contributed by atoms with E-state index in [1.165, 1.54) is 12.1 Å². The fraction of sp³-hybridized carbons (Fsp3) is 0.250. The molecule has 0 heterocycles. The van der Waals surface area contributed by atoms with E-state index >= 15 is 0 Å². The summed E-state index contributed by atoms with van der Waals surface area (Å²) in [5, 5.41) is 8.74. The highest BCUT2D eigenvalue weighted by Crippen LogP contribution is 2.38. The zero-order valence-corrected chi connectivity index (χ0v) is 8.67. The standard InChI is InChI=1S/C8H6Cl3FO/c9-8(10,11)6-1-2-7(12)5(3-6)4-13/h1-3,13H,4H2. The Morgan fingerprint density at radius 2 is 1.92 bits per heavy atom. The molecular weight excluding hydrogens is 237 g/mol. The van der Waals surface area contributed by atoms with Gasteiger partial charge >= 0.3 is 0 Å². The van der Waals surface area contributed by atoms with Crippen molar-refractivity contribution in [3.05, 3.63) is 35.1 Å². The van der Waals surface area contributed by atoms with E-state index in [-0.39, 0.29) is 5.56 Å². The number of aliphatic hydroxyl groups is 1. The van der Waals surface area contributed by atoms with E-state index in [4.69, 9.17) is 39.9 Å². The number of halogens is 4. The summed E-state index contributed by atoms with van der Waals surface area (Å²) in [5.74, 6) is -0.513. The van der Waals surface area contributed by atoms with Crippen LogP contribution >= 0.6 is 34.8 Å². The lowest BCUT2D eigenvalue weighted by molar-refractivity contribution is 0.275. The summed E-state index contributed by atoms with van der Waals surface area (Å²) < 4.78 is 11.3. The second kappa shape index (κ2) is 4.01. The minimum atomic E-state index is -1.59. The van der Waals surface area contributed by atoms with E-state index in [9.17, 15) is 4.39 Å². The average molecular weight is 243 g/mol. The van der Waals surface area contributed by atoms with Crippen LogP contribution < -0.4 is 0 Å². The average Bonchev–Trinajstić information content (AvgIpc) is 2.03. The van der Waals surface area contributed by atoms with Gasteiger partial charge in [0.05, 0.1) is 6.61 Å². The van der Waals surface area contributed by atoms with E-state index in [1.807, 2.05) is 0 Å². The molecule has 0 atom stereocenters. The minimum absolute atomic E-state index is 0.115. The first-order valence-corrected chi connectivity index (χ1v) is 4.55. The maximum atomic E-state index is 12.9. The van der Waals surface area contributed by atoms with Crippen LogP contribution in [-0.4, -0.2) is 5.11 Å². The van der Waals surface area contributed by atoms with Crippen LogP contribution in [-0.2, 0) is 10.4 Å². The summed E-state index contributed by atoms with van der Waals surface area (Å²) in [6.07, 6.45) is 0. The van der Waals surface area contributed by atoms with Gasteiger partial charge in [0.1, 0.15) is 5.82 Å². The molecule has 0 aliphatic carbocycles. The van der Waals surface area contributed by atoms with E-state index in [0.717, 1.165) is 6.07 Å². The van der Waals surface area contributed by atoms with Crippen LogP contribution in [0.5, 0.6) is 0 Å². The summed E-state index contributed by atoms with van der Waals surface area (Å²) in [5.41, 5.74) is 0.451. The van der Waals surface area contributed by atoms with Crippen LogP contribution in [0.25, 0.3) is 0 Å². The molecule has 0 aromatic heterocycles.